The molecule has 1 N–H and O–H groups in total. The Morgan fingerprint density at radius 3 is 2.87 bits per heavy atom. The van der Waals surface area contributed by atoms with E-state index in [0.29, 0.717) is 5.56 Å². The number of oxime groups is 1. The Labute approximate surface area is 95.7 Å². The zero-order valence-corrected chi connectivity index (χ0v) is 9.69. The van der Waals surface area contributed by atoms with Gasteiger partial charge in [0.05, 0.1) is 6.61 Å². The number of esters is 1. The minimum Gasteiger partial charge on any atom is -0.461 e. The molecule has 0 bridgehead atoms. The van der Waals surface area contributed by atoms with Crippen LogP contribution in [0.15, 0.2) is 33.9 Å². The number of nitrogens with zero attached hydrogens (tertiary/aromatic N) is 1. The number of hydrogen-bond acceptors (Lipinski definition) is 4. The first-order valence-electron chi connectivity index (χ1n) is 4.34. The van der Waals surface area contributed by atoms with Crippen LogP contribution in [0.3, 0.4) is 0 Å². The molecule has 0 heterocycles. The van der Waals surface area contributed by atoms with Gasteiger partial charge in [0.15, 0.2) is 5.71 Å². The van der Waals surface area contributed by atoms with Crippen LogP contribution in [0, 0.1) is 0 Å². The first-order chi connectivity index (χ1) is 7.19. The van der Waals surface area contributed by atoms with Gasteiger partial charge in [0.25, 0.3) is 0 Å². The predicted molar refractivity (Wildman–Crippen MR) is 59.1 cm³/mol. The van der Waals surface area contributed by atoms with Crippen LogP contribution in [-0.2, 0) is 9.53 Å². The van der Waals surface area contributed by atoms with Crippen molar-refractivity contribution < 1.29 is 14.7 Å². The van der Waals surface area contributed by atoms with Crippen molar-refractivity contribution in [3.63, 3.8) is 0 Å². The van der Waals surface area contributed by atoms with Crippen molar-refractivity contribution in [2.45, 2.75) is 6.92 Å². The molecule has 0 atom stereocenters. The van der Waals surface area contributed by atoms with Crippen molar-refractivity contribution >= 4 is 27.6 Å². The summed E-state index contributed by atoms with van der Waals surface area (Å²) in [5, 5.41) is 11.7. The van der Waals surface area contributed by atoms with Gasteiger partial charge in [0.2, 0.25) is 0 Å². The summed E-state index contributed by atoms with van der Waals surface area (Å²) >= 11 is 3.26. The van der Waals surface area contributed by atoms with Gasteiger partial charge >= 0.3 is 5.97 Å². The van der Waals surface area contributed by atoms with E-state index >= 15 is 0 Å². The Morgan fingerprint density at radius 1 is 1.60 bits per heavy atom. The number of halogens is 1. The summed E-state index contributed by atoms with van der Waals surface area (Å²) in [4.78, 5) is 11.4. The first-order valence-corrected chi connectivity index (χ1v) is 5.13. The van der Waals surface area contributed by atoms with E-state index in [1.807, 2.05) is 6.07 Å². The molecule has 0 amide bonds. The van der Waals surface area contributed by atoms with Crippen LogP contribution in [0.5, 0.6) is 0 Å². The molecule has 0 aliphatic rings. The third-order valence-electron chi connectivity index (χ3n) is 1.67. The molecule has 0 saturated heterocycles. The van der Waals surface area contributed by atoms with E-state index < -0.39 is 5.97 Å². The van der Waals surface area contributed by atoms with Crippen LogP contribution in [0.25, 0.3) is 0 Å². The fraction of sp³-hybridized carbons (Fsp3) is 0.200. The van der Waals surface area contributed by atoms with E-state index in [2.05, 4.69) is 21.1 Å². The van der Waals surface area contributed by atoms with Gasteiger partial charge in [-0.05, 0) is 19.1 Å². The third kappa shape index (κ3) is 3.06. The highest BCUT2D eigenvalue weighted by Crippen LogP contribution is 2.13. The summed E-state index contributed by atoms with van der Waals surface area (Å²) < 4.78 is 5.54. The van der Waals surface area contributed by atoms with Crippen LogP contribution in [0.1, 0.15) is 12.5 Å². The predicted octanol–water partition coefficient (Wildman–Crippen LogP) is 2.19. The number of ether oxygens (including phenoxy) is 1. The van der Waals surface area contributed by atoms with E-state index in [1.165, 1.54) is 0 Å². The monoisotopic (exact) mass is 271 g/mol. The quantitative estimate of drug-likeness (QED) is 0.397. The molecule has 0 fully saturated rings. The second-order valence-corrected chi connectivity index (χ2v) is 3.60. The second-order valence-electron chi connectivity index (χ2n) is 2.68. The number of benzene rings is 1. The molecule has 0 aromatic heterocycles. The van der Waals surface area contributed by atoms with Crippen molar-refractivity contribution in [2.24, 2.45) is 5.16 Å². The van der Waals surface area contributed by atoms with E-state index in [1.54, 1.807) is 25.1 Å². The Morgan fingerprint density at radius 2 is 2.33 bits per heavy atom. The lowest BCUT2D eigenvalue weighted by Gasteiger charge is -2.04. The Kier molecular flexibility index (Phi) is 4.30. The first kappa shape index (κ1) is 11.7. The maximum absolute atomic E-state index is 11.4. The molecule has 0 radical (unpaired) electrons. The van der Waals surface area contributed by atoms with E-state index in [9.17, 15) is 4.79 Å². The number of hydrogen-bond donors (Lipinski definition) is 1. The smallest absolute Gasteiger partial charge is 0.361 e. The molecule has 1 rings (SSSR count). The van der Waals surface area contributed by atoms with Crippen LogP contribution in [-0.4, -0.2) is 23.5 Å². The summed E-state index contributed by atoms with van der Waals surface area (Å²) in [5.74, 6) is -0.641. The molecule has 80 valence electrons. The standard InChI is InChI=1S/C10H10BrNO3/c1-2-15-10(13)9(12-14)7-4-3-5-8(11)6-7/h3-6,14H,2H2,1H3. The van der Waals surface area contributed by atoms with Gasteiger partial charge in [0, 0.05) is 10.0 Å². The Hall–Kier alpha value is -1.36. The van der Waals surface area contributed by atoms with Gasteiger partial charge in [-0.2, -0.15) is 0 Å². The Bertz CT molecular complexity index is 390. The number of rotatable bonds is 3. The fourth-order valence-corrected chi connectivity index (χ4v) is 1.45. The molecule has 0 aliphatic heterocycles. The Balaban J connectivity index is 2.99. The largest absolute Gasteiger partial charge is 0.461 e. The topological polar surface area (TPSA) is 58.9 Å². The molecule has 4 nitrogen and oxygen atoms in total. The van der Waals surface area contributed by atoms with Gasteiger partial charge in [-0.3, -0.25) is 0 Å². The van der Waals surface area contributed by atoms with Gasteiger partial charge < -0.3 is 9.94 Å². The summed E-state index contributed by atoms with van der Waals surface area (Å²) in [6.45, 7) is 1.93. The minimum atomic E-state index is -0.641. The van der Waals surface area contributed by atoms with Crippen LogP contribution in [0.2, 0.25) is 0 Å². The molecule has 15 heavy (non-hydrogen) atoms. The second kappa shape index (κ2) is 5.50. The highest BCUT2D eigenvalue weighted by Gasteiger charge is 2.15. The normalized spacial score (nSPS) is 11.2. The highest BCUT2D eigenvalue weighted by molar-refractivity contribution is 9.10. The average Bonchev–Trinajstić information content (AvgIpc) is 2.19. The van der Waals surface area contributed by atoms with E-state index in [0.717, 1.165) is 4.47 Å². The molecular formula is C10H10BrNO3. The van der Waals surface area contributed by atoms with Crippen LogP contribution >= 0.6 is 15.9 Å². The van der Waals surface area contributed by atoms with Crippen LogP contribution < -0.4 is 0 Å². The molecule has 0 aliphatic carbocycles. The van der Waals surface area contributed by atoms with Crippen molar-refractivity contribution in [3.05, 3.63) is 34.3 Å². The lowest BCUT2D eigenvalue weighted by Crippen LogP contribution is -2.18. The summed E-state index contributed by atoms with van der Waals surface area (Å²) in [6, 6.07) is 6.89. The molecular weight excluding hydrogens is 262 g/mol. The lowest BCUT2D eigenvalue weighted by molar-refractivity contribution is -0.135. The third-order valence-corrected chi connectivity index (χ3v) is 2.16. The number of carbonyl (C=O) groups excluding carboxylic acids is 1. The average molecular weight is 272 g/mol. The van der Waals surface area contributed by atoms with Gasteiger partial charge in [-0.1, -0.05) is 33.2 Å². The van der Waals surface area contributed by atoms with Gasteiger partial charge in [0.1, 0.15) is 0 Å². The maximum Gasteiger partial charge on any atom is 0.361 e. The van der Waals surface area contributed by atoms with Crippen molar-refractivity contribution in [1.29, 1.82) is 0 Å². The molecule has 0 saturated carbocycles. The van der Waals surface area contributed by atoms with Crippen LogP contribution in [0.4, 0.5) is 0 Å². The number of carbonyl (C=O) groups is 1. The van der Waals surface area contributed by atoms with E-state index in [4.69, 9.17) is 9.94 Å². The van der Waals surface area contributed by atoms with E-state index in [-0.39, 0.29) is 12.3 Å². The van der Waals surface area contributed by atoms with Crippen molar-refractivity contribution in [2.75, 3.05) is 6.61 Å². The molecule has 1 aromatic carbocycles. The molecule has 0 spiro atoms. The maximum atomic E-state index is 11.4. The SMILES string of the molecule is CCOC(=O)C(=NO)c1cccc(Br)c1. The highest BCUT2D eigenvalue weighted by atomic mass is 79.9. The van der Waals surface area contributed by atoms with Gasteiger partial charge in [-0.25, -0.2) is 4.79 Å². The molecule has 0 unspecified atom stereocenters. The molecule has 5 heteroatoms. The summed E-state index contributed by atoms with van der Waals surface area (Å²) in [5.41, 5.74) is 0.406. The minimum absolute atomic E-state index is 0.0989. The molecule has 1 aromatic rings. The summed E-state index contributed by atoms with van der Waals surface area (Å²) in [6.07, 6.45) is 0. The lowest BCUT2D eigenvalue weighted by atomic mass is 10.1. The van der Waals surface area contributed by atoms with Crippen molar-refractivity contribution in [1.82, 2.24) is 0 Å². The van der Waals surface area contributed by atoms with Crippen molar-refractivity contribution in [3.8, 4) is 0 Å². The fourth-order valence-electron chi connectivity index (χ4n) is 1.05. The zero-order valence-electron chi connectivity index (χ0n) is 8.11. The summed E-state index contributed by atoms with van der Waals surface area (Å²) in [7, 11) is 0. The van der Waals surface area contributed by atoms with Gasteiger partial charge in [-0.15, -0.1) is 0 Å². The zero-order chi connectivity index (χ0) is 11.3.